The summed E-state index contributed by atoms with van der Waals surface area (Å²) in [6, 6.07) is 15.0. The Kier molecular flexibility index (Phi) is 14.5. The molecule has 2 aromatic rings. The van der Waals surface area contributed by atoms with Gasteiger partial charge in [-0.2, -0.15) is 0 Å². The molecular weight excluding hydrogens is 717 g/mol. The molecule has 55 heavy (non-hydrogen) atoms. The molecule has 4 rings (SSSR count). The fourth-order valence-electron chi connectivity index (χ4n) is 8.50. The van der Waals surface area contributed by atoms with Crippen molar-refractivity contribution in [3.63, 3.8) is 0 Å². The van der Waals surface area contributed by atoms with Gasteiger partial charge in [0.1, 0.15) is 29.3 Å². The molecule has 3 N–H and O–H groups in total. The Morgan fingerprint density at radius 1 is 0.891 bits per heavy atom. The molecule has 2 saturated carbocycles. The van der Waals surface area contributed by atoms with E-state index in [1.807, 2.05) is 83.1 Å². The van der Waals surface area contributed by atoms with Gasteiger partial charge in [-0.05, 0) is 93.6 Å². The maximum absolute atomic E-state index is 15.2. The summed E-state index contributed by atoms with van der Waals surface area (Å²) in [7, 11) is 0.665. The van der Waals surface area contributed by atoms with Crippen molar-refractivity contribution in [2.45, 2.75) is 155 Å². The van der Waals surface area contributed by atoms with Gasteiger partial charge in [-0.3, -0.25) is 4.79 Å². The number of aliphatic hydroxyl groups is 3. The van der Waals surface area contributed by atoms with Crippen LogP contribution in [-0.4, -0.2) is 92.0 Å². The molecule has 2 aliphatic carbocycles. The minimum Gasteiger partial charge on any atom is -0.497 e. The highest BCUT2D eigenvalue weighted by atomic mass is 28.4. The van der Waals surface area contributed by atoms with Crippen LogP contribution in [0.3, 0.4) is 0 Å². The highest BCUT2D eigenvalue weighted by molar-refractivity contribution is 6.74. The normalized spacial score (nSPS) is 28.2. The highest BCUT2D eigenvalue weighted by Gasteiger charge is 2.65. The van der Waals surface area contributed by atoms with Crippen LogP contribution in [0.4, 0.5) is 0 Å². The SMILES string of the molecule is COc1ccc(CO[C@H](C(C)O)[C@@](O)(COC(C)C)C2C[C@@H](O[Si](C)(C)C(C)(C)C)C3(O)CCC([C@@H](OCc4ccc(OC)cc4)C(=O)[C@@H]2C)C3(C)C)cc1. The monoisotopic (exact) mass is 786 g/mol. The number of ketones is 1. The van der Waals surface area contributed by atoms with Crippen molar-refractivity contribution < 1.29 is 48.2 Å². The zero-order valence-corrected chi connectivity index (χ0v) is 36.7. The van der Waals surface area contributed by atoms with Crippen molar-refractivity contribution >= 4 is 14.1 Å². The largest absolute Gasteiger partial charge is 0.497 e. The second kappa shape index (κ2) is 17.6. The molecule has 0 spiro atoms. The molecule has 4 unspecified atom stereocenters. The molecule has 11 heteroatoms. The zero-order chi connectivity index (χ0) is 41.1. The minimum atomic E-state index is -2.55. The Morgan fingerprint density at radius 2 is 1.42 bits per heavy atom. The van der Waals surface area contributed by atoms with Crippen LogP contribution in [0.1, 0.15) is 92.7 Å². The fraction of sp³-hybridized carbons (Fsp3) is 0.705. The third kappa shape index (κ3) is 9.69. The van der Waals surface area contributed by atoms with Crippen molar-refractivity contribution in [2.24, 2.45) is 23.2 Å². The minimum absolute atomic E-state index is 0.0785. The number of ether oxygens (including phenoxy) is 5. The summed E-state index contributed by atoms with van der Waals surface area (Å²) in [6.45, 7) is 22.1. The van der Waals surface area contributed by atoms with E-state index in [0.29, 0.717) is 18.6 Å². The summed E-state index contributed by atoms with van der Waals surface area (Å²) in [5.41, 5.74) is -2.39. The Hall–Kier alpha value is -2.35. The van der Waals surface area contributed by atoms with Gasteiger partial charge in [0.05, 0.1) is 58.0 Å². The third-order valence-electron chi connectivity index (χ3n) is 13.2. The molecule has 9 atom stereocenters. The van der Waals surface area contributed by atoms with E-state index in [1.54, 1.807) is 21.1 Å². The van der Waals surface area contributed by atoms with E-state index in [9.17, 15) is 15.3 Å². The first-order chi connectivity index (χ1) is 25.5. The molecular formula is C44H70O10Si. The smallest absolute Gasteiger partial charge is 0.192 e. The maximum Gasteiger partial charge on any atom is 0.192 e. The van der Waals surface area contributed by atoms with Gasteiger partial charge in [-0.1, -0.05) is 65.8 Å². The molecule has 0 aromatic heterocycles. The molecule has 10 nitrogen and oxygen atoms in total. The Labute approximate surface area is 331 Å². The van der Waals surface area contributed by atoms with Crippen molar-refractivity contribution in [3.05, 3.63) is 59.7 Å². The van der Waals surface area contributed by atoms with E-state index in [4.69, 9.17) is 28.1 Å². The molecule has 2 bridgehead atoms. The summed E-state index contributed by atoms with van der Waals surface area (Å²) in [5, 5.41) is 37.8. The zero-order valence-electron chi connectivity index (χ0n) is 35.7. The van der Waals surface area contributed by atoms with E-state index in [1.165, 1.54) is 0 Å². The first kappa shape index (κ1) is 45.4. The summed E-state index contributed by atoms with van der Waals surface area (Å²) < 4.78 is 37.4. The second-order valence-corrected chi connectivity index (χ2v) is 23.2. The van der Waals surface area contributed by atoms with Crippen molar-refractivity contribution in [1.29, 1.82) is 0 Å². The van der Waals surface area contributed by atoms with Crippen molar-refractivity contribution in [1.82, 2.24) is 0 Å². The number of Topliss-reactive ketones (excluding diaryl/α,β-unsaturated/α-hetero) is 1. The lowest BCUT2D eigenvalue weighted by Gasteiger charge is -2.51. The van der Waals surface area contributed by atoms with Crippen LogP contribution in [0.25, 0.3) is 0 Å². The molecule has 310 valence electrons. The maximum atomic E-state index is 15.2. The lowest BCUT2D eigenvalue weighted by atomic mass is 9.66. The average molecular weight is 787 g/mol. The second-order valence-electron chi connectivity index (χ2n) is 18.4. The number of hydrogen-bond acceptors (Lipinski definition) is 10. The lowest BCUT2D eigenvalue weighted by Crippen LogP contribution is -2.63. The molecule has 0 amide bonds. The standard InChI is InChI=1S/C44H70O10Si/c1-28(2)53-27-43(47,40(30(4)45)52-26-32-16-20-34(50-11)21-17-32)36-24-37(54-55(12,13)41(5,6)7)44(48)23-22-35(42(44,8)9)39(38(46)29(36)3)51-25-31-14-18-33(49-10)19-15-31/h14-21,28-30,35-37,39-40,45,47-48H,22-27H2,1-13H3/t29-,30?,35?,36?,37-,39-,40-,43-,44?/m1/s1. The van der Waals surface area contributed by atoms with Crippen LogP contribution < -0.4 is 9.47 Å². The van der Waals surface area contributed by atoms with Crippen LogP contribution in [0.2, 0.25) is 18.1 Å². The van der Waals surface area contributed by atoms with E-state index in [2.05, 4.69) is 33.9 Å². The van der Waals surface area contributed by atoms with Gasteiger partial charge in [-0.15, -0.1) is 0 Å². The number of rotatable bonds is 16. The Bertz CT molecular complexity index is 1540. The predicted octanol–water partition coefficient (Wildman–Crippen LogP) is 7.49. The van der Waals surface area contributed by atoms with Crippen LogP contribution in [-0.2, 0) is 36.6 Å². The summed E-state index contributed by atoms with van der Waals surface area (Å²) in [6.07, 6.45) is -3.16. The van der Waals surface area contributed by atoms with Gasteiger partial charge in [0, 0.05) is 23.2 Å². The molecule has 0 heterocycles. The summed E-state index contributed by atoms with van der Waals surface area (Å²) >= 11 is 0. The molecule has 0 saturated heterocycles. The summed E-state index contributed by atoms with van der Waals surface area (Å²) in [5.74, 6) is -0.780. The van der Waals surface area contributed by atoms with Crippen molar-refractivity contribution in [3.8, 4) is 11.5 Å². The van der Waals surface area contributed by atoms with Gasteiger partial charge in [0.15, 0.2) is 14.1 Å². The first-order valence-electron chi connectivity index (χ1n) is 20.0. The Morgan fingerprint density at radius 3 is 1.89 bits per heavy atom. The van der Waals surface area contributed by atoms with Crippen LogP contribution in [0, 0.1) is 23.2 Å². The van der Waals surface area contributed by atoms with Crippen molar-refractivity contribution in [2.75, 3.05) is 20.8 Å². The Balaban J connectivity index is 1.88. The predicted molar refractivity (Wildman–Crippen MR) is 217 cm³/mol. The third-order valence-corrected chi connectivity index (χ3v) is 17.7. The van der Waals surface area contributed by atoms with Crippen LogP contribution >= 0.6 is 0 Å². The highest BCUT2D eigenvalue weighted by Crippen LogP contribution is 2.58. The quantitative estimate of drug-likeness (QED) is 0.147. The van der Waals surface area contributed by atoms with E-state index >= 15 is 4.79 Å². The number of benzene rings is 2. The number of fused-ring (bicyclic) bond motifs is 2. The number of hydrogen-bond donors (Lipinski definition) is 3. The molecule has 0 aliphatic heterocycles. The molecule has 2 fully saturated rings. The lowest BCUT2D eigenvalue weighted by molar-refractivity contribution is -0.223. The molecule has 2 aliphatic rings. The topological polar surface area (TPSA) is 133 Å². The van der Waals surface area contributed by atoms with Gasteiger partial charge in [-0.25, -0.2) is 0 Å². The van der Waals surface area contributed by atoms with Gasteiger partial charge in [0.25, 0.3) is 0 Å². The molecule has 0 radical (unpaired) electrons. The van der Waals surface area contributed by atoms with Gasteiger partial charge in [0.2, 0.25) is 0 Å². The van der Waals surface area contributed by atoms with Gasteiger partial charge >= 0.3 is 0 Å². The van der Waals surface area contributed by atoms with E-state index < -0.39 is 61.2 Å². The van der Waals surface area contributed by atoms with E-state index in [-0.39, 0.29) is 49.1 Å². The van der Waals surface area contributed by atoms with Gasteiger partial charge < -0.3 is 43.4 Å². The average Bonchev–Trinajstić information content (AvgIpc) is 3.36. The first-order valence-corrected chi connectivity index (χ1v) is 22.9. The summed E-state index contributed by atoms with van der Waals surface area (Å²) in [4.78, 5) is 15.2. The number of carbonyl (C=O) groups is 1. The number of methoxy groups -OCH3 is 2. The van der Waals surface area contributed by atoms with E-state index in [0.717, 1.165) is 16.9 Å². The number of carbonyl (C=O) groups excluding carboxylic acids is 1. The van der Waals surface area contributed by atoms with Crippen LogP contribution in [0.15, 0.2) is 48.5 Å². The van der Waals surface area contributed by atoms with Crippen LogP contribution in [0.5, 0.6) is 11.5 Å². The fourth-order valence-corrected chi connectivity index (χ4v) is 9.86. The molecule has 2 aromatic carbocycles. The number of aliphatic hydroxyl groups excluding tert-OH is 1.